The van der Waals surface area contributed by atoms with Gasteiger partial charge in [0.05, 0.1) is 17.1 Å². The number of carboxylic acid groups (broad SMARTS) is 1. The summed E-state index contributed by atoms with van der Waals surface area (Å²) in [6.45, 7) is 5.97. The van der Waals surface area contributed by atoms with Crippen LogP contribution in [0, 0.1) is 20.8 Å². The molecule has 0 unspecified atom stereocenters. The van der Waals surface area contributed by atoms with Crippen LogP contribution in [-0.2, 0) is 11.2 Å². The van der Waals surface area contributed by atoms with Crippen molar-refractivity contribution in [3.05, 3.63) is 27.3 Å². The molecule has 2 aromatic rings. The SMILES string of the molecule is Cc1cc(-c2nc(C)sc2CCC(=O)O)c(C)[nH]1. The van der Waals surface area contributed by atoms with E-state index in [-0.39, 0.29) is 6.42 Å². The van der Waals surface area contributed by atoms with Gasteiger partial charge in [0.1, 0.15) is 0 Å². The van der Waals surface area contributed by atoms with Gasteiger partial charge in [-0.3, -0.25) is 4.79 Å². The smallest absolute Gasteiger partial charge is 0.303 e. The molecule has 0 aliphatic carbocycles. The molecular weight excluding hydrogens is 248 g/mol. The zero-order valence-electron chi connectivity index (χ0n) is 10.7. The number of nitrogens with one attached hydrogen (secondary N) is 1. The summed E-state index contributed by atoms with van der Waals surface area (Å²) in [5, 5.41) is 9.76. The summed E-state index contributed by atoms with van der Waals surface area (Å²) in [6, 6.07) is 2.06. The summed E-state index contributed by atoms with van der Waals surface area (Å²) in [6.07, 6.45) is 0.691. The van der Waals surface area contributed by atoms with Crippen molar-refractivity contribution in [3.63, 3.8) is 0 Å². The maximum absolute atomic E-state index is 10.7. The maximum Gasteiger partial charge on any atom is 0.303 e. The number of aromatic amines is 1. The van der Waals surface area contributed by atoms with E-state index in [0.717, 1.165) is 32.5 Å². The number of hydrogen-bond acceptors (Lipinski definition) is 3. The van der Waals surface area contributed by atoms with Gasteiger partial charge in [-0.2, -0.15) is 0 Å². The highest BCUT2D eigenvalue weighted by atomic mass is 32.1. The third-order valence-electron chi connectivity index (χ3n) is 2.77. The van der Waals surface area contributed by atoms with Crippen LogP contribution < -0.4 is 0 Å². The van der Waals surface area contributed by atoms with E-state index in [1.807, 2.05) is 20.8 Å². The maximum atomic E-state index is 10.7. The van der Waals surface area contributed by atoms with Crippen LogP contribution in [0.2, 0.25) is 0 Å². The lowest BCUT2D eigenvalue weighted by Crippen LogP contribution is -1.97. The van der Waals surface area contributed by atoms with Crippen molar-refractivity contribution in [3.8, 4) is 11.3 Å². The minimum Gasteiger partial charge on any atom is -0.481 e. The van der Waals surface area contributed by atoms with Gasteiger partial charge in [0, 0.05) is 21.8 Å². The molecule has 0 saturated carbocycles. The molecule has 0 saturated heterocycles. The number of aromatic nitrogens is 2. The van der Waals surface area contributed by atoms with Gasteiger partial charge in [0.2, 0.25) is 0 Å². The van der Waals surface area contributed by atoms with E-state index < -0.39 is 5.97 Å². The van der Waals surface area contributed by atoms with Crippen molar-refractivity contribution in [2.75, 3.05) is 0 Å². The molecule has 2 heterocycles. The molecule has 0 fully saturated rings. The van der Waals surface area contributed by atoms with Crippen LogP contribution in [-0.4, -0.2) is 21.0 Å². The normalized spacial score (nSPS) is 10.8. The molecule has 2 aromatic heterocycles. The van der Waals surface area contributed by atoms with Crippen molar-refractivity contribution in [1.29, 1.82) is 0 Å². The van der Waals surface area contributed by atoms with E-state index in [2.05, 4.69) is 16.0 Å². The minimum absolute atomic E-state index is 0.150. The summed E-state index contributed by atoms with van der Waals surface area (Å²) >= 11 is 1.58. The number of H-pyrrole nitrogens is 1. The highest BCUT2D eigenvalue weighted by Gasteiger charge is 2.15. The number of nitrogens with zero attached hydrogens (tertiary/aromatic N) is 1. The first-order chi connectivity index (χ1) is 8.47. The molecule has 96 valence electrons. The molecule has 18 heavy (non-hydrogen) atoms. The van der Waals surface area contributed by atoms with E-state index in [0.29, 0.717) is 6.42 Å². The Morgan fingerprint density at radius 1 is 1.44 bits per heavy atom. The number of aryl methyl sites for hydroxylation is 4. The predicted octanol–water partition coefficient (Wildman–Crippen LogP) is 3.08. The van der Waals surface area contributed by atoms with Crippen LogP contribution in [0.1, 0.15) is 27.7 Å². The molecular formula is C13H16N2O2S. The van der Waals surface area contributed by atoms with Gasteiger partial charge >= 0.3 is 5.97 Å². The fraction of sp³-hybridized carbons (Fsp3) is 0.385. The van der Waals surface area contributed by atoms with E-state index in [1.165, 1.54) is 0 Å². The van der Waals surface area contributed by atoms with Crippen LogP contribution in [0.5, 0.6) is 0 Å². The van der Waals surface area contributed by atoms with E-state index in [1.54, 1.807) is 11.3 Å². The summed E-state index contributed by atoms with van der Waals surface area (Å²) in [5.41, 5.74) is 4.18. The average molecular weight is 264 g/mol. The molecule has 2 N–H and O–H groups in total. The molecule has 0 aliphatic heterocycles. The zero-order chi connectivity index (χ0) is 13.3. The van der Waals surface area contributed by atoms with Gasteiger partial charge in [-0.15, -0.1) is 11.3 Å². The standard InChI is InChI=1S/C13H16N2O2S/c1-7-6-10(8(2)14-7)13-11(4-5-12(16)17)18-9(3)15-13/h6,14H,4-5H2,1-3H3,(H,16,17). The summed E-state index contributed by atoms with van der Waals surface area (Å²) in [4.78, 5) is 19.5. The molecule has 0 spiro atoms. The topological polar surface area (TPSA) is 66.0 Å². The quantitative estimate of drug-likeness (QED) is 0.891. The van der Waals surface area contributed by atoms with Gasteiger partial charge in [0.25, 0.3) is 0 Å². The van der Waals surface area contributed by atoms with E-state index in [9.17, 15) is 4.79 Å². The monoisotopic (exact) mass is 264 g/mol. The molecule has 5 heteroatoms. The van der Waals surface area contributed by atoms with Crippen molar-refractivity contribution < 1.29 is 9.90 Å². The highest BCUT2D eigenvalue weighted by molar-refractivity contribution is 7.12. The van der Waals surface area contributed by atoms with Crippen LogP contribution in [0.3, 0.4) is 0 Å². The number of carboxylic acids is 1. The van der Waals surface area contributed by atoms with Crippen molar-refractivity contribution in [2.45, 2.75) is 33.6 Å². The molecule has 4 nitrogen and oxygen atoms in total. The summed E-state index contributed by atoms with van der Waals surface area (Å²) < 4.78 is 0. The fourth-order valence-corrected chi connectivity index (χ4v) is 2.99. The lowest BCUT2D eigenvalue weighted by molar-refractivity contribution is -0.136. The Labute approximate surface area is 110 Å². The Morgan fingerprint density at radius 2 is 2.17 bits per heavy atom. The Kier molecular flexibility index (Phi) is 3.52. The zero-order valence-corrected chi connectivity index (χ0v) is 11.5. The van der Waals surface area contributed by atoms with Crippen LogP contribution in [0.25, 0.3) is 11.3 Å². The number of aliphatic carboxylic acids is 1. The second-order valence-electron chi connectivity index (χ2n) is 4.39. The van der Waals surface area contributed by atoms with Gasteiger partial charge in [-0.05, 0) is 33.3 Å². The number of thiazole rings is 1. The first kappa shape index (κ1) is 12.8. The van der Waals surface area contributed by atoms with Gasteiger partial charge in [-0.1, -0.05) is 0 Å². The second kappa shape index (κ2) is 4.94. The Morgan fingerprint density at radius 3 is 2.72 bits per heavy atom. The Hall–Kier alpha value is -1.62. The number of carbonyl (C=O) groups is 1. The van der Waals surface area contributed by atoms with E-state index in [4.69, 9.17) is 5.11 Å². The van der Waals surface area contributed by atoms with Crippen molar-refractivity contribution >= 4 is 17.3 Å². The molecule has 0 amide bonds. The van der Waals surface area contributed by atoms with Crippen molar-refractivity contribution in [2.24, 2.45) is 0 Å². The van der Waals surface area contributed by atoms with Crippen LogP contribution >= 0.6 is 11.3 Å². The number of rotatable bonds is 4. The molecule has 0 radical (unpaired) electrons. The largest absolute Gasteiger partial charge is 0.481 e. The van der Waals surface area contributed by atoms with Crippen LogP contribution in [0.4, 0.5) is 0 Å². The summed E-state index contributed by atoms with van der Waals surface area (Å²) in [5.74, 6) is -0.769. The van der Waals surface area contributed by atoms with E-state index >= 15 is 0 Å². The number of hydrogen-bond donors (Lipinski definition) is 2. The lowest BCUT2D eigenvalue weighted by atomic mass is 10.1. The van der Waals surface area contributed by atoms with Gasteiger partial charge in [-0.25, -0.2) is 4.98 Å². The third kappa shape index (κ3) is 2.61. The Bertz CT molecular complexity index is 584. The highest BCUT2D eigenvalue weighted by Crippen LogP contribution is 2.31. The molecule has 0 bridgehead atoms. The predicted molar refractivity (Wildman–Crippen MR) is 72.1 cm³/mol. The summed E-state index contributed by atoms with van der Waals surface area (Å²) in [7, 11) is 0. The fourth-order valence-electron chi connectivity index (χ4n) is 2.04. The third-order valence-corrected chi connectivity index (χ3v) is 3.81. The van der Waals surface area contributed by atoms with Crippen LogP contribution in [0.15, 0.2) is 6.07 Å². The molecule has 0 atom stereocenters. The molecule has 0 aromatic carbocycles. The molecule has 2 rings (SSSR count). The van der Waals surface area contributed by atoms with Crippen molar-refractivity contribution in [1.82, 2.24) is 9.97 Å². The second-order valence-corrected chi connectivity index (χ2v) is 5.68. The lowest BCUT2D eigenvalue weighted by Gasteiger charge is -2.00. The minimum atomic E-state index is -0.769. The average Bonchev–Trinajstić information content (AvgIpc) is 2.78. The van der Waals surface area contributed by atoms with Gasteiger partial charge in [0.15, 0.2) is 0 Å². The Balaban J connectivity index is 2.38. The molecule has 0 aliphatic rings. The van der Waals surface area contributed by atoms with Gasteiger partial charge < -0.3 is 10.1 Å². The first-order valence-electron chi connectivity index (χ1n) is 5.82. The first-order valence-corrected chi connectivity index (χ1v) is 6.63.